The molecule has 1 aromatic rings. The Bertz CT molecular complexity index is 810. The fourth-order valence-corrected chi connectivity index (χ4v) is 4.47. The maximum atomic E-state index is 12.3. The number of amides is 3. The third-order valence-corrected chi connectivity index (χ3v) is 6.12. The van der Waals surface area contributed by atoms with E-state index in [-0.39, 0.29) is 30.5 Å². The van der Waals surface area contributed by atoms with E-state index in [1.165, 1.54) is 0 Å². The first-order valence-electron chi connectivity index (χ1n) is 8.95. The molecule has 28 heavy (non-hydrogen) atoms. The summed E-state index contributed by atoms with van der Waals surface area (Å²) < 4.78 is 28.0. The molecule has 0 saturated carbocycles. The number of hydrogen-bond donors (Lipinski definition) is 3. The Balaban J connectivity index is 1.82. The van der Waals surface area contributed by atoms with Crippen molar-refractivity contribution in [2.45, 2.75) is 32.9 Å². The average Bonchev–Trinajstić information content (AvgIpc) is 3.02. The lowest BCUT2D eigenvalue weighted by atomic mass is 10.0. The standard InChI is InChI=1S/C18H25N3O6S/c1-12(2)15(19-18(24)27-10-13-6-4-3-5-7-13)17(23)21-20-16(22)14-8-9-28(25,26)11-14/h3-7,12,14-15H,8-11H2,1-2H3,(H,19,24)(H,20,22)(H,21,23)/t14-,15-/m1/s1. The number of hydrogen-bond acceptors (Lipinski definition) is 6. The highest BCUT2D eigenvalue weighted by molar-refractivity contribution is 7.91. The molecule has 1 heterocycles. The third kappa shape index (κ3) is 6.52. The highest BCUT2D eigenvalue weighted by atomic mass is 32.2. The molecular formula is C18H25N3O6S. The van der Waals surface area contributed by atoms with E-state index in [0.29, 0.717) is 0 Å². The zero-order valence-electron chi connectivity index (χ0n) is 15.8. The van der Waals surface area contributed by atoms with E-state index in [1.54, 1.807) is 26.0 Å². The van der Waals surface area contributed by atoms with E-state index in [9.17, 15) is 22.8 Å². The summed E-state index contributed by atoms with van der Waals surface area (Å²) in [5.74, 6) is -2.42. The summed E-state index contributed by atoms with van der Waals surface area (Å²) in [6.45, 7) is 3.52. The molecule has 2 rings (SSSR count). The fraction of sp³-hybridized carbons (Fsp3) is 0.500. The molecular weight excluding hydrogens is 386 g/mol. The van der Waals surface area contributed by atoms with E-state index in [2.05, 4.69) is 16.2 Å². The van der Waals surface area contributed by atoms with Crippen molar-refractivity contribution in [1.82, 2.24) is 16.2 Å². The minimum Gasteiger partial charge on any atom is -0.445 e. The van der Waals surface area contributed by atoms with Crippen molar-refractivity contribution in [3.05, 3.63) is 35.9 Å². The molecule has 3 amide bonds. The van der Waals surface area contributed by atoms with Crippen LogP contribution in [-0.4, -0.2) is 43.9 Å². The Kier molecular flexibility index (Phi) is 7.38. The van der Waals surface area contributed by atoms with Crippen LogP contribution in [-0.2, 0) is 30.8 Å². The van der Waals surface area contributed by atoms with E-state index in [0.717, 1.165) is 5.56 Å². The number of hydrazine groups is 1. The lowest BCUT2D eigenvalue weighted by Crippen LogP contribution is -2.55. The molecule has 1 aromatic carbocycles. The molecule has 1 aliphatic rings. The number of nitrogens with one attached hydrogen (secondary N) is 3. The van der Waals surface area contributed by atoms with Crippen LogP contribution in [0.25, 0.3) is 0 Å². The molecule has 0 spiro atoms. The molecule has 3 N–H and O–H groups in total. The molecule has 0 unspecified atom stereocenters. The van der Waals surface area contributed by atoms with Gasteiger partial charge in [0.25, 0.3) is 5.91 Å². The number of carbonyl (C=O) groups is 3. The van der Waals surface area contributed by atoms with Gasteiger partial charge in [-0.1, -0.05) is 44.2 Å². The minimum absolute atomic E-state index is 0.0392. The van der Waals surface area contributed by atoms with Gasteiger partial charge in [-0.15, -0.1) is 0 Å². The molecule has 154 valence electrons. The molecule has 1 fully saturated rings. The van der Waals surface area contributed by atoms with Gasteiger partial charge in [0.1, 0.15) is 12.6 Å². The number of ether oxygens (including phenoxy) is 1. The summed E-state index contributed by atoms with van der Waals surface area (Å²) in [5, 5.41) is 2.47. The van der Waals surface area contributed by atoms with Crippen molar-refractivity contribution < 1.29 is 27.5 Å². The summed E-state index contributed by atoms with van der Waals surface area (Å²) in [5.41, 5.74) is 5.28. The van der Waals surface area contributed by atoms with E-state index in [4.69, 9.17) is 4.74 Å². The topological polar surface area (TPSA) is 131 Å². The van der Waals surface area contributed by atoms with Gasteiger partial charge in [0.15, 0.2) is 9.84 Å². The van der Waals surface area contributed by atoms with Gasteiger partial charge >= 0.3 is 6.09 Å². The summed E-state index contributed by atoms with van der Waals surface area (Å²) in [4.78, 5) is 36.3. The smallest absolute Gasteiger partial charge is 0.408 e. The molecule has 1 saturated heterocycles. The fourth-order valence-electron chi connectivity index (χ4n) is 2.73. The highest BCUT2D eigenvalue weighted by Crippen LogP contribution is 2.18. The quantitative estimate of drug-likeness (QED) is 0.585. The van der Waals surface area contributed by atoms with E-state index < -0.39 is 39.7 Å². The van der Waals surface area contributed by atoms with Crippen molar-refractivity contribution >= 4 is 27.7 Å². The molecule has 1 aliphatic heterocycles. The first-order valence-corrected chi connectivity index (χ1v) is 10.8. The van der Waals surface area contributed by atoms with Crippen LogP contribution in [0.4, 0.5) is 4.79 Å². The van der Waals surface area contributed by atoms with Crippen molar-refractivity contribution in [1.29, 1.82) is 0 Å². The van der Waals surface area contributed by atoms with Gasteiger partial charge in [-0.2, -0.15) is 0 Å². The molecule has 2 atom stereocenters. The van der Waals surface area contributed by atoms with Crippen molar-refractivity contribution in [3.8, 4) is 0 Å². The predicted molar refractivity (Wildman–Crippen MR) is 101 cm³/mol. The Morgan fingerprint density at radius 3 is 2.39 bits per heavy atom. The van der Waals surface area contributed by atoms with Crippen molar-refractivity contribution in [2.75, 3.05) is 11.5 Å². The Morgan fingerprint density at radius 2 is 1.82 bits per heavy atom. The summed E-state index contributed by atoms with van der Waals surface area (Å²) in [6.07, 6.45) is -0.534. The van der Waals surface area contributed by atoms with Gasteiger partial charge < -0.3 is 10.1 Å². The van der Waals surface area contributed by atoms with Gasteiger partial charge in [0.2, 0.25) is 5.91 Å². The summed E-state index contributed by atoms with van der Waals surface area (Å²) in [6, 6.07) is 8.16. The average molecular weight is 411 g/mol. The molecule has 10 heteroatoms. The zero-order valence-corrected chi connectivity index (χ0v) is 16.6. The Morgan fingerprint density at radius 1 is 1.14 bits per heavy atom. The van der Waals surface area contributed by atoms with Crippen LogP contribution >= 0.6 is 0 Å². The minimum atomic E-state index is -3.20. The van der Waals surface area contributed by atoms with Crippen LogP contribution in [0.1, 0.15) is 25.8 Å². The Labute approximate surface area is 164 Å². The number of alkyl carbamates (subject to hydrolysis) is 1. The molecule has 0 radical (unpaired) electrons. The highest BCUT2D eigenvalue weighted by Gasteiger charge is 2.33. The normalized spacial score (nSPS) is 18.9. The van der Waals surface area contributed by atoms with E-state index in [1.807, 2.05) is 18.2 Å². The first kappa shape index (κ1) is 21.7. The second-order valence-corrected chi connectivity index (χ2v) is 9.23. The van der Waals surface area contributed by atoms with Gasteiger partial charge in [-0.05, 0) is 17.9 Å². The van der Waals surface area contributed by atoms with E-state index >= 15 is 0 Å². The number of carbonyl (C=O) groups excluding carboxylic acids is 3. The van der Waals surface area contributed by atoms with Gasteiger partial charge in [-0.3, -0.25) is 20.4 Å². The SMILES string of the molecule is CC(C)[C@@H](NC(=O)OCc1ccccc1)C(=O)NNC(=O)[C@@H]1CCS(=O)(=O)C1. The maximum absolute atomic E-state index is 12.3. The predicted octanol–water partition coefficient (Wildman–Crippen LogP) is 0.520. The maximum Gasteiger partial charge on any atom is 0.408 e. The Hall–Kier alpha value is -2.62. The van der Waals surface area contributed by atoms with Crippen LogP contribution in [0.3, 0.4) is 0 Å². The van der Waals surface area contributed by atoms with Crippen LogP contribution in [0.15, 0.2) is 30.3 Å². The van der Waals surface area contributed by atoms with Crippen LogP contribution < -0.4 is 16.2 Å². The second kappa shape index (κ2) is 9.54. The van der Waals surface area contributed by atoms with Crippen LogP contribution in [0.2, 0.25) is 0 Å². The van der Waals surface area contributed by atoms with Crippen molar-refractivity contribution in [2.24, 2.45) is 11.8 Å². The lowest BCUT2D eigenvalue weighted by molar-refractivity contribution is -0.132. The summed E-state index contributed by atoms with van der Waals surface area (Å²) >= 11 is 0. The molecule has 9 nitrogen and oxygen atoms in total. The van der Waals surface area contributed by atoms with Crippen LogP contribution in [0, 0.1) is 11.8 Å². The molecule has 0 aromatic heterocycles. The molecule has 0 aliphatic carbocycles. The number of benzene rings is 1. The van der Waals surface area contributed by atoms with Gasteiger partial charge in [-0.25, -0.2) is 13.2 Å². The second-order valence-electron chi connectivity index (χ2n) is 7.01. The van der Waals surface area contributed by atoms with Gasteiger partial charge in [0.05, 0.1) is 17.4 Å². The van der Waals surface area contributed by atoms with Crippen molar-refractivity contribution in [3.63, 3.8) is 0 Å². The monoisotopic (exact) mass is 411 g/mol. The van der Waals surface area contributed by atoms with Gasteiger partial charge in [0, 0.05) is 0 Å². The first-order chi connectivity index (χ1) is 13.2. The third-order valence-electron chi connectivity index (χ3n) is 4.35. The zero-order chi connectivity index (χ0) is 20.7. The lowest BCUT2D eigenvalue weighted by Gasteiger charge is -2.22. The number of sulfone groups is 1. The molecule has 0 bridgehead atoms. The largest absolute Gasteiger partial charge is 0.445 e. The summed E-state index contributed by atoms with van der Waals surface area (Å²) in [7, 11) is -3.20. The number of rotatable bonds is 6. The van der Waals surface area contributed by atoms with Crippen LogP contribution in [0.5, 0.6) is 0 Å².